The van der Waals surface area contributed by atoms with Gasteiger partial charge in [-0.1, -0.05) is 6.07 Å². The Morgan fingerprint density at radius 3 is 2.66 bits per heavy atom. The monoisotopic (exact) mass is 479 g/mol. The van der Waals surface area contributed by atoms with E-state index in [4.69, 9.17) is 4.74 Å². The number of benzene rings is 1. The Morgan fingerprint density at radius 2 is 1.94 bits per heavy atom. The second-order valence-electron chi connectivity index (χ2n) is 10.1. The van der Waals surface area contributed by atoms with Crippen molar-refractivity contribution in [1.29, 1.82) is 0 Å². The van der Waals surface area contributed by atoms with Gasteiger partial charge in [0.15, 0.2) is 11.6 Å². The van der Waals surface area contributed by atoms with Crippen LogP contribution in [0.15, 0.2) is 36.7 Å². The SMILES string of the molecule is COc1cc(-c2ccc(-c3ncc(N(C)[C@@H]4C[C@@]5(C)CCC[C@](C)(N5)[C@@H]4F)nn3)c(O)c2)cnn1. The number of alkyl halides is 1. The molecule has 2 fully saturated rings. The molecule has 0 radical (unpaired) electrons. The number of halogens is 1. The van der Waals surface area contributed by atoms with Crippen molar-refractivity contribution in [3.8, 4) is 34.1 Å². The molecule has 0 spiro atoms. The van der Waals surface area contributed by atoms with E-state index in [1.807, 2.05) is 24.9 Å². The topological polar surface area (TPSA) is 109 Å². The molecular weight excluding hydrogens is 449 g/mol. The first-order valence-corrected chi connectivity index (χ1v) is 11.8. The summed E-state index contributed by atoms with van der Waals surface area (Å²) in [5, 5.41) is 30.6. The number of piperidine rings is 2. The fourth-order valence-electron chi connectivity index (χ4n) is 5.57. The Hall–Kier alpha value is -3.40. The summed E-state index contributed by atoms with van der Waals surface area (Å²) in [4.78, 5) is 6.28. The summed E-state index contributed by atoms with van der Waals surface area (Å²) in [6.45, 7) is 4.15. The van der Waals surface area contributed by atoms with Crippen LogP contribution < -0.4 is 15.0 Å². The number of nitrogens with one attached hydrogen (secondary N) is 1. The zero-order valence-corrected chi connectivity index (χ0v) is 20.4. The van der Waals surface area contributed by atoms with Gasteiger partial charge >= 0.3 is 0 Å². The standard InChI is InChI=1S/C25H30FN7O2/c1-24-8-5-9-25(2,32-24)22(26)18(12-24)33(3)20-14-27-23(31-29-20)17-7-6-15(10-19(17)34)16-11-21(35-4)30-28-13-16/h6-7,10-11,13-14,18,22,32,34H,5,8-9,12H2,1-4H3/t18-,22-,24-,25+/m1/s1. The van der Waals surface area contributed by atoms with Crippen LogP contribution in [0.5, 0.6) is 11.6 Å². The first kappa shape index (κ1) is 23.3. The normalized spacial score (nSPS) is 27.9. The lowest BCUT2D eigenvalue weighted by atomic mass is 9.68. The Labute approximate surface area is 203 Å². The van der Waals surface area contributed by atoms with Gasteiger partial charge in [-0.2, -0.15) is 5.10 Å². The van der Waals surface area contributed by atoms with Crippen molar-refractivity contribution in [3.05, 3.63) is 36.7 Å². The maximum atomic E-state index is 15.6. The Kier molecular flexibility index (Phi) is 5.79. The van der Waals surface area contributed by atoms with E-state index in [1.54, 1.807) is 30.6 Å². The molecule has 2 aliphatic rings. The third kappa shape index (κ3) is 4.27. The van der Waals surface area contributed by atoms with Gasteiger partial charge in [-0.25, -0.2) is 9.37 Å². The highest BCUT2D eigenvalue weighted by molar-refractivity contribution is 5.72. The van der Waals surface area contributed by atoms with Crippen LogP contribution in [-0.4, -0.2) is 67.9 Å². The van der Waals surface area contributed by atoms with E-state index < -0.39 is 11.7 Å². The minimum absolute atomic E-state index is 0.0111. The second-order valence-corrected chi connectivity index (χ2v) is 10.1. The molecule has 0 saturated carbocycles. The Bertz CT molecular complexity index is 1230. The first-order valence-electron chi connectivity index (χ1n) is 11.8. The molecule has 0 unspecified atom stereocenters. The average molecular weight is 480 g/mol. The summed E-state index contributed by atoms with van der Waals surface area (Å²) < 4.78 is 20.7. The zero-order chi connectivity index (χ0) is 24.8. The van der Waals surface area contributed by atoms with Gasteiger partial charge in [0, 0.05) is 29.8 Å². The molecule has 4 atom stereocenters. The third-order valence-electron chi connectivity index (χ3n) is 7.44. The smallest absolute Gasteiger partial charge is 0.233 e. The van der Waals surface area contributed by atoms with Crippen molar-refractivity contribution in [3.63, 3.8) is 0 Å². The average Bonchev–Trinajstić information content (AvgIpc) is 2.86. The number of ether oxygens (including phenoxy) is 1. The van der Waals surface area contributed by atoms with Gasteiger partial charge < -0.3 is 20.1 Å². The summed E-state index contributed by atoms with van der Waals surface area (Å²) in [5.41, 5.74) is 1.30. The van der Waals surface area contributed by atoms with Crippen LogP contribution in [0, 0.1) is 0 Å². The Morgan fingerprint density at radius 1 is 1.11 bits per heavy atom. The van der Waals surface area contributed by atoms with Crippen molar-refractivity contribution in [2.45, 2.75) is 62.8 Å². The van der Waals surface area contributed by atoms with Gasteiger partial charge in [0.2, 0.25) is 5.88 Å². The number of rotatable bonds is 5. The molecule has 4 heterocycles. The molecule has 3 aromatic rings. The van der Waals surface area contributed by atoms with E-state index in [1.165, 1.54) is 7.11 Å². The van der Waals surface area contributed by atoms with Crippen molar-refractivity contribution >= 4 is 5.82 Å². The number of fused-ring (bicyclic) bond motifs is 2. The Balaban J connectivity index is 1.37. The fourth-order valence-corrected chi connectivity index (χ4v) is 5.57. The van der Waals surface area contributed by atoms with Crippen molar-refractivity contribution in [2.75, 3.05) is 19.1 Å². The number of phenols is 1. The molecule has 2 N–H and O–H groups in total. The van der Waals surface area contributed by atoms with E-state index >= 15 is 4.39 Å². The largest absolute Gasteiger partial charge is 0.507 e. The molecule has 2 aromatic heterocycles. The second kappa shape index (κ2) is 8.67. The van der Waals surface area contributed by atoms with Crippen molar-refractivity contribution < 1.29 is 14.2 Å². The molecule has 2 bridgehead atoms. The quantitative estimate of drug-likeness (QED) is 0.568. The summed E-state index contributed by atoms with van der Waals surface area (Å²) in [6, 6.07) is 6.58. The number of phenolic OH excluding ortho intramolecular Hbond substituents is 1. The maximum Gasteiger partial charge on any atom is 0.233 e. The van der Waals surface area contributed by atoms with Gasteiger partial charge in [-0.05, 0) is 57.2 Å². The molecule has 9 nitrogen and oxygen atoms in total. The molecule has 10 heteroatoms. The third-order valence-corrected chi connectivity index (χ3v) is 7.44. The molecule has 184 valence electrons. The lowest BCUT2D eigenvalue weighted by Crippen LogP contribution is -2.72. The highest BCUT2D eigenvalue weighted by atomic mass is 19.1. The molecule has 0 aliphatic carbocycles. The molecule has 2 aliphatic heterocycles. The fraction of sp³-hybridized carbons (Fsp3) is 0.480. The van der Waals surface area contributed by atoms with Crippen molar-refractivity contribution in [1.82, 2.24) is 30.7 Å². The van der Waals surface area contributed by atoms with Crippen LogP contribution in [0.2, 0.25) is 0 Å². The van der Waals surface area contributed by atoms with Gasteiger partial charge in [-0.3, -0.25) is 0 Å². The summed E-state index contributed by atoms with van der Waals surface area (Å²) in [5.74, 6) is 1.18. The van der Waals surface area contributed by atoms with E-state index in [0.29, 0.717) is 23.7 Å². The minimum Gasteiger partial charge on any atom is -0.507 e. The summed E-state index contributed by atoms with van der Waals surface area (Å²) in [6.07, 6.45) is 5.69. The van der Waals surface area contributed by atoms with E-state index in [0.717, 1.165) is 30.4 Å². The molecule has 2 saturated heterocycles. The van der Waals surface area contributed by atoms with Crippen LogP contribution in [-0.2, 0) is 0 Å². The highest BCUT2D eigenvalue weighted by Crippen LogP contribution is 2.43. The maximum absolute atomic E-state index is 15.6. The number of aromatic nitrogens is 5. The van der Waals surface area contributed by atoms with Gasteiger partial charge in [-0.15, -0.1) is 15.3 Å². The van der Waals surface area contributed by atoms with Crippen LogP contribution in [0.3, 0.4) is 0 Å². The van der Waals surface area contributed by atoms with Crippen molar-refractivity contribution in [2.24, 2.45) is 0 Å². The predicted molar refractivity (Wildman–Crippen MR) is 130 cm³/mol. The molecule has 0 amide bonds. The number of hydrogen-bond acceptors (Lipinski definition) is 9. The van der Waals surface area contributed by atoms with Crippen LogP contribution in [0.25, 0.3) is 22.5 Å². The molecule has 5 rings (SSSR count). The zero-order valence-electron chi connectivity index (χ0n) is 20.4. The first-order chi connectivity index (χ1) is 16.7. The van der Waals surface area contributed by atoms with Gasteiger partial charge in [0.25, 0.3) is 0 Å². The summed E-state index contributed by atoms with van der Waals surface area (Å²) >= 11 is 0. The minimum atomic E-state index is -1.04. The number of hydrogen-bond donors (Lipinski definition) is 2. The summed E-state index contributed by atoms with van der Waals surface area (Å²) in [7, 11) is 3.37. The predicted octanol–water partition coefficient (Wildman–Crippen LogP) is 3.55. The van der Waals surface area contributed by atoms with Gasteiger partial charge in [0.1, 0.15) is 11.9 Å². The highest BCUT2D eigenvalue weighted by Gasteiger charge is 2.53. The molecule has 35 heavy (non-hydrogen) atoms. The number of anilines is 1. The molecular formula is C25H30FN7O2. The van der Waals surface area contributed by atoms with Gasteiger partial charge in [0.05, 0.1) is 31.1 Å². The van der Waals surface area contributed by atoms with Crippen LogP contribution >= 0.6 is 0 Å². The lowest BCUT2D eigenvalue weighted by Gasteiger charge is -2.56. The molecule has 1 aromatic carbocycles. The lowest BCUT2D eigenvalue weighted by molar-refractivity contribution is 0.00193. The number of nitrogens with zero attached hydrogens (tertiary/aromatic N) is 6. The van der Waals surface area contributed by atoms with Crippen LogP contribution in [0.1, 0.15) is 39.5 Å². The van der Waals surface area contributed by atoms with E-state index in [9.17, 15) is 5.11 Å². The number of methoxy groups -OCH3 is 1. The van der Waals surface area contributed by atoms with E-state index in [-0.39, 0.29) is 23.2 Å². The van der Waals surface area contributed by atoms with Crippen LogP contribution in [0.4, 0.5) is 10.2 Å². The number of aromatic hydroxyl groups is 1. The van der Waals surface area contributed by atoms with E-state index in [2.05, 4.69) is 37.6 Å².